The van der Waals surface area contributed by atoms with Crippen LogP contribution in [-0.4, -0.2) is 37.2 Å². The van der Waals surface area contributed by atoms with Crippen LogP contribution in [0, 0.1) is 0 Å². The maximum atomic E-state index is 12.8. The fourth-order valence-electron chi connectivity index (χ4n) is 7.75. The lowest BCUT2D eigenvalue weighted by Crippen LogP contribution is -2.30. The molecule has 0 saturated heterocycles. The van der Waals surface area contributed by atoms with Gasteiger partial charge in [0, 0.05) is 19.3 Å². The molecule has 63 heavy (non-hydrogen) atoms. The Morgan fingerprint density at radius 1 is 0.333 bits per heavy atom. The monoisotopic (exact) mass is 883 g/mol. The molecule has 0 aliphatic heterocycles. The van der Waals surface area contributed by atoms with E-state index in [1.165, 1.54) is 135 Å². The number of hydrogen-bond donors (Lipinski definition) is 0. The van der Waals surface area contributed by atoms with Crippen LogP contribution in [0.4, 0.5) is 0 Å². The smallest absolute Gasteiger partial charge is 0.306 e. The largest absolute Gasteiger partial charge is 0.462 e. The Morgan fingerprint density at radius 2 is 0.619 bits per heavy atom. The van der Waals surface area contributed by atoms with Crippen LogP contribution in [0.3, 0.4) is 0 Å². The zero-order valence-electron chi connectivity index (χ0n) is 41.8. The second-order valence-electron chi connectivity index (χ2n) is 18.1. The quantitative estimate of drug-likeness (QED) is 0.0262. The highest BCUT2D eigenvalue weighted by Gasteiger charge is 2.19. The number of hydrogen-bond acceptors (Lipinski definition) is 6. The second-order valence-corrected chi connectivity index (χ2v) is 18.1. The first-order chi connectivity index (χ1) is 31.0. The molecule has 0 saturated carbocycles. The average molecular weight is 883 g/mol. The topological polar surface area (TPSA) is 78.9 Å². The van der Waals surface area contributed by atoms with Gasteiger partial charge < -0.3 is 14.2 Å². The van der Waals surface area contributed by atoms with Gasteiger partial charge in [-0.15, -0.1) is 0 Å². The molecule has 0 radical (unpaired) electrons. The van der Waals surface area contributed by atoms with Crippen LogP contribution in [0.15, 0.2) is 48.6 Å². The maximum absolute atomic E-state index is 12.8. The molecule has 0 bridgehead atoms. The summed E-state index contributed by atoms with van der Waals surface area (Å²) in [5.41, 5.74) is 0. The van der Waals surface area contributed by atoms with Crippen molar-refractivity contribution >= 4 is 17.9 Å². The fourth-order valence-corrected chi connectivity index (χ4v) is 7.75. The summed E-state index contributed by atoms with van der Waals surface area (Å²) in [5.74, 6) is -0.895. The van der Waals surface area contributed by atoms with Gasteiger partial charge in [-0.25, -0.2) is 0 Å². The highest BCUT2D eigenvalue weighted by atomic mass is 16.6. The molecular weight excluding hydrogens is 781 g/mol. The summed E-state index contributed by atoms with van der Waals surface area (Å²) in [6.45, 7) is 6.53. The molecule has 0 amide bonds. The Hall–Kier alpha value is -2.63. The van der Waals surface area contributed by atoms with Gasteiger partial charge in [-0.2, -0.15) is 0 Å². The van der Waals surface area contributed by atoms with Crippen molar-refractivity contribution in [3.63, 3.8) is 0 Å². The van der Waals surface area contributed by atoms with E-state index >= 15 is 0 Å². The molecule has 0 N–H and O–H groups in total. The highest BCUT2D eigenvalue weighted by molar-refractivity contribution is 5.71. The number of unbranched alkanes of at least 4 members (excludes halogenated alkanes) is 30. The fraction of sp³-hybridized carbons (Fsp3) is 0.807. The molecule has 366 valence electrons. The van der Waals surface area contributed by atoms with Crippen molar-refractivity contribution in [1.82, 2.24) is 0 Å². The number of carbonyl (C=O) groups is 3. The van der Waals surface area contributed by atoms with Gasteiger partial charge in [-0.1, -0.05) is 230 Å². The lowest BCUT2D eigenvalue weighted by Gasteiger charge is -2.18. The predicted octanol–water partition coefficient (Wildman–Crippen LogP) is 17.9. The Morgan fingerprint density at radius 3 is 0.984 bits per heavy atom. The van der Waals surface area contributed by atoms with E-state index in [1.54, 1.807) is 0 Å². The first kappa shape index (κ1) is 60.4. The highest BCUT2D eigenvalue weighted by Crippen LogP contribution is 2.16. The lowest BCUT2D eigenvalue weighted by atomic mass is 10.0. The number of allylic oxidation sites excluding steroid dienone is 8. The van der Waals surface area contributed by atoms with E-state index in [4.69, 9.17) is 14.2 Å². The molecule has 0 aromatic carbocycles. The van der Waals surface area contributed by atoms with Gasteiger partial charge in [0.2, 0.25) is 0 Å². The molecule has 0 spiro atoms. The van der Waals surface area contributed by atoms with Crippen molar-refractivity contribution in [3.8, 4) is 0 Å². The van der Waals surface area contributed by atoms with Crippen LogP contribution in [0.2, 0.25) is 0 Å². The summed E-state index contributed by atoms with van der Waals surface area (Å²) in [6.07, 6.45) is 62.3. The van der Waals surface area contributed by atoms with E-state index in [1.807, 2.05) is 0 Å². The molecule has 0 fully saturated rings. The Labute approximate surface area is 390 Å². The summed E-state index contributed by atoms with van der Waals surface area (Å²) < 4.78 is 16.8. The third-order valence-electron chi connectivity index (χ3n) is 11.8. The van der Waals surface area contributed by atoms with Crippen molar-refractivity contribution in [1.29, 1.82) is 0 Å². The molecule has 0 aromatic heterocycles. The molecule has 0 aliphatic carbocycles. The first-order valence-electron chi connectivity index (χ1n) is 27.1. The van der Waals surface area contributed by atoms with Crippen LogP contribution in [0.25, 0.3) is 0 Å². The minimum absolute atomic E-state index is 0.0801. The van der Waals surface area contributed by atoms with E-state index in [0.717, 1.165) is 103 Å². The van der Waals surface area contributed by atoms with Crippen molar-refractivity contribution in [2.24, 2.45) is 0 Å². The zero-order valence-corrected chi connectivity index (χ0v) is 41.8. The molecule has 0 heterocycles. The zero-order chi connectivity index (χ0) is 45.8. The molecule has 1 atom stereocenters. The number of esters is 3. The van der Waals surface area contributed by atoms with E-state index in [9.17, 15) is 14.4 Å². The molecule has 0 rings (SSSR count). The van der Waals surface area contributed by atoms with Gasteiger partial charge in [-0.3, -0.25) is 14.4 Å². The summed E-state index contributed by atoms with van der Waals surface area (Å²) in [4.78, 5) is 38.0. The molecule has 0 aliphatic rings. The summed E-state index contributed by atoms with van der Waals surface area (Å²) in [5, 5.41) is 0. The maximum Gasteiger partial charge on any atom is 0.306 e. The Kier molecular flexibility index (Phi) is 49.8. The van der Waals surface area contributed by atoms with Gasteiger partial charge in [0.25, 0.3) is 0 Å². The van der Waals surface area contributed by atoms with Gasteiger partial charge in [0.05, 0.1) is 0 Å². The van der Waals surface area contributed by atoms with Crippen LogP contribution < -0.4 is 0 Å². The summed E-state index contributed by atoms with van der Waals surface area (Å²) in [6, 6.07) is 0. The van der Waals surface area contributed by atoms with E-state index < -0.39 is 6.10 Å². The average Bonchev–Trinajstić information content (AvgIpc) is 3.28. The van der Waals surface area contributed by atoms with Crippen molar-refractivity contribution in [2.75, 3.05) is 13.2 Å². The van der Waals surface area contributed by atoms with Crippen LogP contribution >= 0.6 is 0 Å². The van der Waals surface area contributed by atoms with Crippen molar-refractivity contribution in [3.05, 3.63) is 48.6 Å². The molecule has 0 aromatic rings. The molecule has 0 unspecified atom stereocenters. The van der Waals surface area contributed by atoms with Gasteiger partial charge >= 0.3 is 17.9 Å². The van der Waals surface area contributed by atoms with E-state index in [2.05, 4.69) is 69.4 Å². The number of ether oxygens (including phenoxy) is 3. The van der Waals surface area contributed by atoms with Crippen molar-refractivity contribution < 1.29 is 28.6 Å². The SMILES string of the molecule is CC/C=C\C/C=C\C/C=C\CCCCCCCC(=O)O[C@H](COC(=O)CCCCCCC/C=C\CCCCCCCC)COC(=O)CCCCCCCCCCCCCCCCC. The van der Waals surface area contributed by atoms with Crippen LogP contribution in [-0.2, 0) is 28.6 Å². The third kappa shape index (κ3) is 50.2. The lowest BCUT2D eigenvalue weighted by molar-refractivity contribution is -0.167. The second kappa shape index (κ2) is 52.0. The number of carbonyl (C=O) groups excluding carboxylic acids is 3. The third-order valence-corrected chi connectivity index (χ3v) is 11.8. The minimum atomic E-state index is -0.782. The molecule has 6 heteroatoms. The Bertz CT molecular complexity index is 1110. The number of rotatable bonds is 49. The Balaban J connectivity index is 4.39. The van der Waals surface area contributed by atoms with E-state index in [0.29, 0.717) is 19.3 Å². The van der Waals surface area contributed by atoms with Crippen LogP contribution in [0.5, 0.6) is 0 Å². The summed E-state index contributed by atoms with van der Waals surface area (Å²) in [7, 11) is 0. The van der Waals surface area contributed by atoms with Gasteiger partial charge in [0.1, 0.15) is 13.2 Å². The van der Waals surface area contributed by atoms with Crippen LogP contribution in [0.1, 0.15) is 278 Å². The molecular formula is C57H102O6. The predicted molar refractivity (Wildman–Crippen MR) is 270 cm³/mol. The minimum Gasteiger partial charge on any atom is -0.462 e. The van der Waals surface area contributed by atoms with Gasteiger partial charge in [0.15, 0.2) is 6.10 Å². The molecule has 6 nitrogen and oxygen atoms in total. The van der Waals surface area contributed by atoms with E-state index in [-0.39, 0.29) is 31.1 Å². The first-order valence-corrected chi connectivity index (χ1v) is 27.1. The summed E-state index contributed by atoms with van der Waals surface area (Å²) >= 11 is 0. The normalized spacial score (nSPS) is 12.4. The standard InChI is InChI=1S/C57H102O6/c1-4-7-10-13-16-19-22-25-28-31-34-37-40-43-46-49-55(58)61-52-54(63-57(60)51-48-45-42-39-36-33-30-27-24-21-18-15-12-9-6-3)53-62-56(59)50-47-44-41-38-35-32-29-26-23-20-17-14-11-8-5-2/h9,12,18,21,25,27-28,30,54H,4-8,10-11,13-17,19-20,22-24,26,29,31-53H2,1-3H3/b12-9-,21-18-,28-25-,30-27-/t54-/m1/s1. The van der Waals surface area contributed by atoms with Gasteiger partial charge in [-0.05, 0) is 77.0 Å². The van der Waals surface area contributed by atoms with Crippen molar-refractivity contribution in [2.45, 2.75) is 284 Å².